The van der Waals surface area contributed by atoms with Gasteiger partial charge in [0, 0.05) is 57.5 Å². The minimum absolute atomic E-state index is 0.0375. The van der Waals surface area contributed by atoms with Crippen LogP contribution < -0.4 is 21.1 Å². The van der Waals surface area contributed by atoms with Crippen molar-refractivity contribution in [3.8, 4) is 33.2 Å². The lowest BCUT2D eigenvalue weighted by atomic mass is 9.85. The second kappa shape index (κ2) is 29.2. The number of thiazole rings is 1. The number of phenolic OH excluding ortho intramolecular Hbond substituents is 1. The largest absolute Gasteiger partial charge is 0.507 e. The number of nitrogens with two attached hydrogens (primary N) is 1. The number of aliphatic hydroxyl groups is 1. The standard InChI is InChI=1S/C60H82N8O7S/c1-41(45-30-32-46(33-31-45)55-42(2)62-40-76-55)63-58(73)50-36-47(69)39-68(50)59(74)56(60(3,4)5)64-53(71)24-18-16-14-12-10-8-7-9-11-13-15-17-19-25-54(72)67(6)38-44-28-26-43(27-29-44)34-35-75-52-37-49(65-66-57(52)61)48-22-20-21-23-51(48)70/h20-23,26-33,37,40-41,47,50,56,69-70H,7-19,24-25,34-36,38-39H2,1-6H3,(H2,61,66)(H,63,73)(H,64,71)/t41-,47+,50-,56+/m0/s1. The van der Waals surface area contributed by atoms with Crippen LogP contribution in [-0.2, 0) is 32.1 Å². The maximum absolute atomic E-state index is 14.1. The predicted octanol–water partition coefficient (Wildman–Crippen LogP) is 10.7. The minimum Gasteiger partial charge on any atom is -0.507 e. The van der Waals surface area contributed by atoms with Crippen molar-refractivity contribution in [1.82, 2.24) is 35.6 Å². The first-order valence-corrected chi connectivity index (χ1v) is 28.3. The summed E-state index contributed by atoms with van der Waals surface area (Å²) in [6.07, 6.45) is 15.1. The third kappa shape index (κ3) is 17.9. The van der Waals surface area contributed by atoms with Gasteiger partial charge in [-0.05, 0) is 66.5 Å². The smallest absolute Gasteiger partial charge is 0.246 e. The van der Waals surface area contributed by atoms with Crippen LogP contribution in [0.4, 0.5) is 5.82 Å². The second-order valence-electron chi connectivity index (χ2n) is 21.6. The molecule has 0 radical (unpaired) electrons. The fraction of sp³-hybridized carbons (Fsp3) is 0.517. The number of nitrogens with zero attached hydrogens (tertiary/aromatic N) is 5. The molecular weight excluding hydrogens is 977 g/mol. The van der Waals surface area contributed by atoms with Crippen LogP contribution in [0, 0.1) is 12.3 Å². The Morgan fingerprint density at radius 1 is 0.829 bits per heavy atom. The average Bonchev–Trinajstić information content (AvgIpc) is 4.02. The molecule has 1 aliphatic rings. The molecule has 6 rings (SSSR count). The summed E-state index contributed by atoms with van der Waals surface area (Å²) in [6.45, 7) is 10.6. The highest BCUT2D eigenvalue weighted by molar-refractivity contribution is 7.13. The Labute approximate surface area is 454 Å². The minimum atomic E-state index is -0.841. The van der Waals surface area contributed by atoms with Gasteiger partial charge in [-0.25, -0.2) is 4.98 Å². The van der Waals surface area contributed by atoms with Crippen LogP contribution in [0.25, 0.3) is 21.7 Å². The van der Waals surface area contributed by atoms with Crippen LogP contribution in [0.3, 0.4) is 0 Å². The molecule has 1 fully saturated rings. The van der Waals surface area contributed by atoms with E-state index in [1.54, 1.807) is 40.5 Å². The van der Waals surface area contributed by atoms with Crippen molar-refractivity contribution in [2.24, 2.45) is 5.41 Å². The number of hydrogen-bond acceptors (Lipinski definition) is 12. The van der Waals surface area contributed by atoms with E-state index in [9.17, 15) is 29.4 Å². The zero-order chi connectivity index (χ0) is 54.6. The molecular formula is C60H82N8O7S. The number of β-amino-alcohol motifs (C(OH)–C–C–N with tert-alkyl or cyclic N) is 1. The number of ether oxygens (including phenoxy) is 1. The number of rotatable bonds is 29. The van der Waals surface area contributed by atoms with Crippen molar-refractivity contribution in [1.29, 1.82) is 0 Å². The van der Waals surface area contributed by atoms with Crippen molar-refractivity contribution in [3.05, 3.63) is 107 Å². The molecule has 3 heterocycles. The summed E-state index contributed by atoms with van der Waals surface area (Å²) in [5, 5.41) is 35.0. The summed E-state index contributed by atoms with van der Waals surface area (Å²) < 4.78 is 5.94. The summed E-state index contributed by atoms with van der Waals surface area (Å²) in [6, 6.07) is 22.8. The molecule has 6 N–H and O–H groups in total. The van der Waals surface area contributed by atoms with Gasteiger partial charge in [-0.3, -0.25) is 19.2 Å². The summed E-state index contributed by atoms with van der Waals surface area (Å²) >= 11 is 1.59. The Kier molecular flexibility index (Phi) is 22.6. The van der Waals surface area contributed by atoms with E-state index in [0.29, 0.717) is 49.4 Å². The lowest BCUT2D eigenvalue weighted by molar-refractivity contribution is -0.144. The molecule has 0 saturated carbocycles. The van der Waals surface area contributed by atoms with E-state index in [2.05, 4.69) is 50.1 Å². The number of anilines is 1. The molecule has 0 spiro atoms. The number of aromatic hydroxyl groups is 1. The van der Waals surface area contributed by atoms with Gasteiger partial charge in [0.2, 0.25) is 23.6 Å². The van der Waals surface area contributed by atoms with Crippen molar-refractivity contribution in [2.45, 2.75) is 175 Å². The van der Waals surface area contributed by atoms with Gasteiger partial charge in [-0.2, -0.15) is 0 Å². The lowest BCUT2D eigenvalue weighted by Gasteiger charge is -2.35. The third-order valence-electron chi connectivity index (χ3n) is 14.3. The van der Waals surface area contributed by atoms with Crippen LogP contribution in [0.5, 0.6) is 11.5 Å². The number of unbranched alkanes of at least 4 members (excludes halogenated alkanes) is 12. The Hall–Kier alpha value is -6.39. The van der Waals surface area contributed by atoms with Gasteiger partial charge in [0.15, 0.2) is 11.6 Å². The van der Waals surface area contributed by atoms with E-state index in [-0.39, 0.29) is 54.2 Å². The highest BCUT2D eigenvalue weighted by Crippen LogP contribution is 2.32. The Balaban J connectivity index is 0.766. The number of aryl methyl sites for hydroxylation is 1. The van der Waals surface area contributed by atoms with Gasteiger partial charge in [-0.1, -0.05) is 152 Å². The van der Waals surface area contributed by atoms with Gasteiger partial charge in [-0.15, -0.1) is 21.5 Å². The Morgan fingerprint density at radius 2 is 1.43 bits per heavy atom. The number of aromatic nitrogens is 3. The molecule has 15 nitrogen and oxygen atoms in total. The SMILES string of the molecule is Cc1ncsc1-c1ccc([C@H](C)NC(=O)[C@@H]2C[C@@H](O)CN2C(=O)[C@@H](NC(=O)CCCCCCCCCCCCCCCC(=O)N(C)Cc2ccc(CCOc3cc(-c4ccccc4O)nnc3N)cc2)C(C)(C)C)cc1. The van der Waals surface area contributed by atoms with E-state index >= 15 is 0 Å². The zero-order valence-corrected chi connectivity index (χ0v) is 46.5. The molecule has 410 valence electrons. The molecule has 76 heavy (non-hydrogen) atoms. The lowest BCUT2D eigenvalue weighted by Crippen LogP contribution is -2.57. The summed E-state index contributed by atoms with van der Waals surface area (Å²) in [5.74, 6) is 0.0239. The topological polar surface area (TPSA) is 213 Å². The Bertz CT molecular complexity index is 2640. The van der Waals surface area contributed by atoms with Crippen LogP contribution in [0.1, 0.15) is 159 Å². The molecule has 5 aromatic rings. The van der Waals surface area contributed by atoms with E-state index < -0.39 is 23.6 Å². The number of hydrogen-bond donors (Lipinski definition) is 5. The first-order valence-electron chi connectivity index (χ1n) is 27.4. The fourth-order valence-electron chi connectivity index (χ4n) is 9.72. The second-order valence-corrected chi connectivity index (χ2v) is 22.5. The summed E-state index contributed by atoms with van der Waals surface area (Å²) in [4.78, 5) is 62.5. The number of amides is 4. The molecule has 1 saturated heterocycles. The average molecular weight is 1060 g/mol. The number of para-hydroxylation sites is 1. The molecule has 4 amide bonds. The van der Waals surface area contributed by atoms with E-state index in [1.165, 1.54) is 43.4 Å². The number of benzene rings is 3. The highest BCUT2D eigenvalue weighted by atomic mass is 32.1. The van der Waals surface area contributed by atoms with Crippen molar-refractivity contribution in [2.75, 3.05) is 25.9 Å². The van der Waals surface area contributed by atoms with Gasteiger partial charge in [0.05, 0.1) is 34.8 Å². The maximum atomic E-state index is 14.1. The quantitative estimate of drug-likeness (QED) is 0.0284. The molecule has 0 bridgehead atoms. The van der Waals surface area contributed by atoms with Crippen molar-refractivity contribution >= 4 is 40.8 Å². The molecule has 4 atom stereocenters. The number of likely N-dealkylation sites (tertiary alicyclic amines) is 1. The molecule has 0 aliphatic carbocycles. The molecule has 3 aromatic carbocycles. The fourth-order valence-corrected chi connectivity index (χ4v) is 10.5. The first-order chi connectivity index (χ1) is 36.5. The zero-order valence-electron chi connectivity index (χ0n) is 45.7. The van der Waals surface area contributed by atoms with Crippen LogP contribution >= 0.6 is 11.3 Å². The maximum Gasteiger partial charge on any atom is 0.246 e. The molecule has 1 aliphatic heterocycles. The molecule has 16 heteroatoms. The molecule has 2 aromatic heterocycles. The summed E-state index contributed by atoms with van der Waals surface area (Å²) in [7, 11) is 1.87. The first kappa shape index (κ1) is 58.9. The normalized spacial score (nSPS) is 15.3. The number of nitrogens with one attached hydrogen (secondary N) is 2. The summed E-state index contributed by atoms with van der Waals surface area (Å²) in [5.41, 5.74) is 13.4. The van der Waals surface area contributed by atoms with Gasteiger partial charge in [0.1, 0.15) is 23.5 Å². The van der Waals surface area contributed by atoms with Crippen molar-refractivity contribution in [3.63, 3.8) is 0 Å². The van der Waals surface area contributed by atoms with Crippen LogP contribution in [0.15, 0.2) is 84.4 Å². The van der Waals surface area contributed by atoms with E-state index in [1.807, 2.05) is 77.5 Å². The number of aliphatic hydroxyl groups excluding tert-OH is 1. The van der Waals surface area contributed by atoms with E-state index in [4.69, 9.17) is 10.5 Å². The third-order valence-corrected chi connectivity index (χ3v) is 15.3. The number of phenols is 1. The number of carbonyl (C=O) groups excluding carboxylic acids is 4. The number of carbonyl (C=O) groups is 4. The highest BCUT2D eigenvalue weighted by Gasteiger charge is 2.44. The van der Waals surface area contributed by atoms with Gasteiger partial charge >= 0.3 is 0 Å². The van der Waals surface area contributed by atoms with E-state index in [0.717, 1.165) is 77.8 Å². The van der Waals surface area contributed by atoms with Crippen molar-refractivity contribution < 1.29 is 34.1 Å². The predicted molar refractivity (Wildman–Crippen MR) is 301 cm³/mol. The van der Waals surface area contributed by atoms with Crippen LogP contribution in [0.2, 0.25) is 0 Å². The molecule has 0 unspecified atom stereocenters. The monoisotopic (exact) mass is 1060 g/mol. The van der Waals surface area contributed by atoms with Gasteiger partial charge in [0.25, 0.3) is 0 Å². The Morgan fingerprint density at radius 3 is 2.04 bits per heavy atom. The van der Waals surface area contributed by atoms with Crippen LogP contribution in [-0.4, -0.2) is 97.2 Å². The number of nitrogen functional groups attached to an aromatic ring is 1. The van der Waals surface area contributed by atoms with Gasteiger partial charge < -0.3 is 41.1 Å².